The molecular formula is C22H28O5. The minimum atomic E-state index is -0.643. The minimum Gasteiger partial charge on any atom is -0.491 e. The third-order valence-corrected chi connectivity index (χ3v) is 4.49. The first-order valence-corrected chi connectivity index (χ1v) is 9.42. The van der Waals surface area contributed by atoms with Gasteiger partial charge >= 0.3 is 5.97 Å². The normalized spacial score (nSPS) is 21.3. The summed E-state index contributed by atoms with van der Waals surface area (Å²) in [6, 6.07) is 0. The number of unbranched alkanes of at least 4 members (excludes halogenated alkanes) is 1. The van der Waals surface area contributed by atoms with Crippen molar-refractivity contribution in [1.82, 2.24) is 0 Å². The molecule has 0 aromatic heterocycles. The second-order valence-electron chi connectivity index (χ2n) is 6.61. The third-order valence-electron chi connectivity index (χ3n) is 4.49. The van der Waals surface area contributed by atoms with Crippen molar-refractivity contribution in [2.75, 3.05) is 13.7 Å². The first-order chi connectivity index (χ1) is 13.1. The maximum atomic E-state index is 12.0. The lowest BCUT2D eigenvalue weighted by molar-refractivity contribution is -0.140. The summed E-state index contributed by atoms with van der Waals surface area (Å²) in [5.41, 5.74) is 0.730. The van der Waals surface area contributed by atoms with Gasteiger partial charge in [0.05, 0.1) is 13.2 Å². The average molecular weight is 372 g/mol. The predicted molar refractivity (Wildman–Crippen MR) is 104 cm³/mol. The highest BCUT2D eigenvalue weighted by Gasteiger charge is 2.22. The molecule has 5 nitrogen and oxygen atoms in total. The number of ether oxygens (including phenoxy) is 2. The maximum absolute atomic E-state index is 12.0. The van der Waals surface area contributed by atoms with Crippen LogP contribution in [0.5, 0.6) is 0 Å². The molecule has 0 heterocycles. The molecule has 0 aromatic rings. The molecule has 5 heteroatoms. The summed E-state index contributed by atoms with van der Waals surface area (Å²) in [5.74, 6) is 0.646. The molecule has 2 aliphatic rings. The van der Waals surface area contributed by atoms with Gasteiger partial charge in [0.15, 0.2) is 5.78 Å². The van der Waals surface area contributed by atoms with Gasteiger partial charge in [-0.2, -0.15) is 0 Å². The number of rotatable bonds is 11. The van der Waals surface area contributed by atoms with E-state index in [9.17, 15) is 14.7 Å². The Morgan fingerprint density at radius 2 is 2.22 bits per heavy atom. The highest BCUT2D eigenvalue weighted by atomic mass is 16.5. The van der Waals surface area contributed by atoms with Gasteiger partial charge in [0, 0.05) is 17.9 Å². The van der Waals surface area contributed by atoms with Crippen molar-refractivity contribution in [3.63, 3.8) is 0 Å². The summed E-state index contributed by atoms with van der Waals surface area (Å²) in [6.07, 6.45) is 18.6. The molecular weight excluding hydrogens is 344 g/mol. The van der Waals surface area contributed by atoms with Gasteiger partial charge in [0.25, 0.3) is 0 Å². The van der Waals surface area contributed by atoms with Crippen LogP contribution >= 0.6 is 0 Å². The van der Waals surface area contributed by atoms with Crippen molar-refractivity contribution >= 4 is 11.8 Å². The number of aliphatic hydroxyl groups excluding tert-OH is 1. The van der Waals surface area contributed by atoms with Crippen molar-refractivity contribution < 1.29 is 24.2 Å². The number of methoxy groups -OCH3 is 1. The molecule has 2 rings (SSSR count). The highest BCUT2D eigenvalue weighted by Crippen LogP contribution is 2.26. The van der Waals surface area contributed by atoms with Crippen molar-refractivity contribution in [3.05, 3.63) is 59.9 Å². The van der Waals surface area contributed by atoms with Crippen molar-refractivity contribution in [1.29, 1.82) is 0 Å². The number of esters is 1. The van der Waals surface area contributed by atoms with E-state index in [1.165, 1.54) is 7.11 Å². The van der Waals surface area contributed by atoms with E-state index in [4.69, 9.17) is 4.74 Å². The van der Waals surface area contributed by atoms with E-state index >= 15 is 0 Å². The monoisotopic (exact) mass is 372 g/mol. The van der Waals surface area contributed by atoms with Crippen LogP contribution in [0.15, 0.2) is 59.9 Å². The van der Waals surface area contributed by atoms with Crippen LogP contribution in [0, 0.1) is 5.92 Å². The molecule has 0 radical (unpaired) electrons. The fourth-order valence-electron chi connectivity index (χ4n) is 2.94. The van der Waals surface area contributed by atoms with E-state index in [1.807, 2.05) is 42.5 Å². The van der Waals surface area contributed by atoms with Gasteiger partial charge in [-0.05, 0) is 50.3 Å². The van der Waals surface area contributed by atoms with Gasteiger partial charge in [0.2, 0.25) is 0 Å². The molecule has 0 fully saturated rings. The Morgan fingerprint density at radius 1 is 1.37 bits per heavy atom. The van der Waals surface area contributed by atoms with Crippen LogP contribution < -0.4 is 0 Å². The second kappa shape index (κ2) is 11.3. The van der Waals surface area contributed by atoms with Crippen LogP contribution in [-0.2, 0) is 19.1 Å². The fourth-order valence-corrected chi connectivity index (χ4v) is 2.94. The minimum absolute atomic E-state index is 0.00800. The third kappa shape index (κ3) is 7.39. The number of ketones is 1. The van der Waals surface area contributed by atoms with Crippen molar-refractivity contribution in [2.45, 2.75) is 44.6 Å². The van der Waals surface area contributed by atoms with Crippen molar-refractivity contribution in [2.24, 2.45) is 5.92 Å². The molecule has 1 N–H and O–H groups in total. The summed E-state index contributed by atoms with van der Waals surface area (Å²) in [4.78, 5) is 23.1. The standard InChI is InChI=1S/C22H28O5/c1-26-22(25)11-5-3-2-4-8-17-12-15-21(24)20(17)14-13-18(23)16-27-19-9-6-7-10-19/h2,4,6,9-10,12,14-15,17-18,23H,3,5,7-8,11,13,16H2,1H3/b4-2-,20-14+. The molecule has 27 heavy (non-hydrogen) atoms. The zero-order valence-electron chi connectivity index (χ0n) is 15.8. The summed E-state index contributed by atoms with van der Waals surface area (Å²) >= 11 is 0. The zero-order valence-corrected chi connectivity index (χ0v) is 15.8. The van der Waals surface area contributed by atoms with E-state index in [0.717, 1.165) is 37.0 Å². The summed E-state index contributed by atoms with van der Waals surface area (Å²) in [5, 5.41) is 10.1. The Hall–Kier alpha value is -2.40. The summed E-state index contributed by atoms with van der Waals surface area (Å²) < 4.78 is 10.1. The number of aliphatic hydroxyl groups is 1. The first-order valence-electron chi connectivity index (χ1n) is 9.42. The lowest BCUT2D eigenvalue weighted by Crippen LogP contribution is -2.14. The molecule has 0 amide bonds. The Bertz CT molecular complexity index is 666. The fraction of sp³-hybridized carbons (Fsp3) is 0.455. The molecule has 0 aliphatic heterocycles. The quantitative estimate of drug-likeness (QED) is 0.260. The molecule has 0 saturated carbocycles. The van der Waals surface area contributed by atoms with Crippen molar-refractivity contribution in [3.8, 4) is 0 Å². The first kappa shape index (κ1) is 20.9. The van der Waals surface area contributed by atoms with E-state index < -0.39 is 6.10 Å². The van der Waals surface area contributed by atoms with Crippen LogP contribution in [0.4, 0.5) is 0 Å². The van der Waals surface area contributed by atoms with Crippen LogP contribution in [0.25, 0.3) is 0 Å². The van der Waals surface area contributed by atoms with E-state index in [0.29, 0.717) is 12.8 Å². The molecule has 2 atom stereocenters. The van der Waals surface area contributed by atoms with Gasteiger partial charge in [0.1, 0.15) is 12.4 Å². The van der Waals surface area contributed by atoms with Gasteiger partial charge < -0.3 is 14.6 Å². The van der Waals surface area contributed by atoms with Gasteiger partial charge in [-0.25, -0.2) is 0 Å². The Kier molecular flexibility index (Phi) is 8.78. The number of carbonyl (C=O) groups excluding carboxylic acids is 2. The van der Waals surface area contributed by atoms with Crippen LogP contribution in [0.2, 0.25) is 0 Å². The van der Waals surface area contributed by atoms with Gasteiger partial charge in [-0.3, -0.25) is 9.59 Å². The second-order valence-corrected chi connectivity index (χ2v) is 6.61. The van der Waals surface area contributed by atoms with Crippen LogP contribution in [0.3, 0.4) is 0 Å². The average Bonchev–Trinajstić information content (AvgIpc) is 3.31. The molecule has 0 bridgehead atoms. The topological polar surface area (TPSA) is 72.8 Å². The van der Waals surface area contributed by atoms with Gasteiger partial charge in [-0.15, -0.1) is 0 Å². The number of allylic oxidation sites excluding steroid dienone is 8. The Labute approximate surface area is 160 Å². The SMILES string of the molecule is COC(=O)CCC/C=C\CC1C=CC(=O)/C1=C/CC(O)COC1=CCC=C1. The van der Waals surface area contributed by atoms with E-state index in [-0.39, 0.29) is 24.3 Å². The maximum Gasteiger partial charge on any atom is 0.305 e. The van der Waals surface area contributed by atoms with Gasteiger partial charge in [-0.1, -0.05) is 30.4 Å². The highest BCUT2D eigenvalue weighted by molar-refractivity contribution is 6.07. The zero-order chi connectivity index (χ0) is 19.5. The predicted octanol–water partition coefficient (Wildman–Crippen LogP) is 3.57. The molecule has 0 saturated heterocycles. The lowest BCUT2D eigenvalue weighted by Gasteiger charge is -2.12. The summed E-state index contributed by atoms with van der Waals surface area (Å²) in [7, 11) is 1.39. The molecule has 146 valence electrons. The van der Waals surface area contributed by atoms with Crippen LogP contribution in [-0.4, -0.2) is 36.7 Å². The molecule has 0 spiro atoms. The van der Waals surface area contributed by atoms with E-state index in [2.05, 4.69) is 4.74 Å². The van der Waals surface area contributed by atoms with Crippen LogP contribution in [0.1, 0.15) is 38.5 Å². The number of hydrogen-bond acceptors (Lipinski definition) is 5. The summed E-state index contributed by atoms with van der Waals surface area (Å²) in [6.45, 7) is 0.215. The lowest BCUT2D eigenvalue weighted by atomic mass is 9.96. The Balaban J connectivity index is 1.73. The molecule has 2 aliphatic carbocycles. The smallest absolute Gasteiger partial charge is 0.305 e. The number of carbonyl (C=O) groups is 2. The number of hydrogen-bond donors (Lipinski definition) is 1. The molecule has 2 unspecified atom stereocenters. The largest absolute Gasteiger partial charge is 0.491 e. The molecule has 0 aromatic carbocycles. The van der Waals surface area contributed by atoms with E-state index in [1.54, 1.807) is 6.08 Å². The Morgan fingerprint density at radius 3 is 2.96 bits per heavy atom.